The highest BCUT2D eigenvalue weighted by atomic mass is 16.5. The van der Waals surface area contributed by atoms with Gasteiger partial charge in [0.15, 0.2) is 17.5 Å². The quantitative estimate of drug-likeness (QED) is 0.501. The largest absolute Gasteiger partial charge is 0.493 e. The van der Waals surface area contributed by atoms with Gasteiger partial charge in [-0.2, -0.15) is 0 Å². The summed E-state index contributed by atoms with van der Waals surface area (Å²) in [4.78, 5) is 6.80. The Kier molecular flexibility index (Phi) is 7.85. The Labute approximate surface area is 151 Å². The Morgan fingerprint density at radius 1 is 1.28 bits per heavy atom. The molecule has 2 rings (SSSR count). The van der Waals surface area contributed by atoms with Crippen molar-refractivity contribution in [2.24, 2.45) is 4.99 Å². The highest BCUT2D eigenvalue weighted by molar-refractivity contribution is 5.79. The lowest BCUT2D eigenvalue weighted by Gasteiger charge is -2.22. The van der Waals surface area contributed by atoms with Crippen LogP contribution in [0, 0.1) is 0 Å². The van der Waals surface area contributed by atoms with E-state index in [1.165, 1.54) is 12.8 Å². The fourth-order valence-corrected chi connectivity index (χ4v) is 2.79. The first kappa shape index (κ1) is 19.4. The fraction of sp³-hybridized carbons (Fsp3) is 0.632. The molecule has 0 amide bonds. The zero-order valence-corrected chi connectivity index (χ0v) is 15.9. The van der Waals surface area contributed by atoms with Gasteiger partial charge in [-0.25, -0.2) is 0 Å². The number of aliphatic imine (C=N–C) groups is 1. The van der Waals surface area contributed by atoms with Crippen LogP contribution in [-0.2, 0) is 0 Å². The van der Waals surface area contributed by atoms with E-state index in [2.05, 4.69) is 27.4 Å². The smallest absolute Gasteiger partial charge is 0.191 e. The minimum absolute atomic E-state index is 0.00606. The summed E-state index contributed by atoms with van der Waals surface area (Å²) in [7, 11) is 3.44. The van der Waals surface area contributed by atoms with Crippen molar-refractivity contribution >= 4 is 5.96 Å². The number of rotatable bonds is 10. The molecule has 1 aromatic carbocycles. The number of likely N-dealkylation sites (N-methyl/N-ethyl adjacent to an activating group) is 1. The maximum absolute atomic E-state index is 5.95. The van der Waals surface area contributed by atoms with Gasteiger partial charge in [0.2, 0.25) is 0 Å². The van der Waals surface area contributed by atoms with E-state index < -0.39 is 0 Å². The first-order chi connectivity index (χ1) is 12.2. The zero-order chi connectivity index (χ0) is 18.1. The van der Waals surface area contributed by atoms with E-state index in [1.54, 1.807) is 14.2 Å². The predicted molar refractivity (Wildman–Crippen MR) is 103 cm³/mol. The van der Waals surface area contributed by atoms with Crippen molar-refractivity contribution in [3.8, 4) is 11.5 Å². The lowest BCUT2D eigenvalue weighted by Crippen LogP contribution is -2.44. The van der Waals surface area contributed by atoms with E-state index in [0.717, 1.165) is 43.1 Å². The third-order valence-corrected chi connectivity index (χ3v) is 4.34. The van der Waals surface area contributed by atoms with Crippen LogP contribution in [0.25, 0.3) is 0 Å². The Morgan fingerprint density at radius 2 is 2.00 bits per heavy atom. The van der Waals surface area contributed by atoms with Gasteiger partial charge in [-0.3, -0.25) is 9.89 Å². The molecular formula is C19H32N4O2. The molecule has 1 fully saturated rings. The van der Waals surface area contributed by atoms with Gasteiger partial charge in [0.05, 0.1) is 13.7 Å². The molecule has 2 N–H and O–H groups in total. The molecule has 1 unspecified atom stereocenters. The molecule has 1 saturated carbocycles. The van der Waals surface area contributed by atoms with Crippen molar-refractivity contribution in [1.82, 2.24) is 15.5 Å². The third kappa shape index (κ3) is 6.46. The average molecular weight is 348 g/mol. The molecule has 6 heteroatoms. The molecule has 0 aliphatic heterocycles. The molecule has 0 aromatic heterocycles. The van der Waals surface area contributed by atoms with Gasteiger partial charge in [0, 0.05) is 26.2 Å². The minimum atomic E-state index is -0.00606. The fourth-order valence-electron chi connectivity index (χ4n) is 2.79. The Morgan fingerprint density at radius 3 is 2.60 bits per heavy atom. The first-order valence-electron chi connectivity index (χ1n) is 9.16. The van der Waals surface area contributed by atoms with Crippen LogP contribution >= 0.6 is 0 Å². The Balaban J connectivity index is 1.70. The summed E-state index contributed by atoms with van der Waals surface area (Å²) in [6, 6.07) is 8.49. The number of nitrogens with one attached hydrogen (secondary N) is 2. The summed E-state index contributed by atoms with van der Waals surface area (Å²) in [6.45, 7) is 7.97. The highest BCUT2D eigenvalue weighted by Crippen LogP contribution is 2.27. The second-order valence-corrected chi connectivity index (χ2v) is 6.32. The lowest BCUT2D eigenvalue weighted by molar-refractivity contribution is 0.213. The maximum Gasteiger partial charge on any atom is 0.191 e. The highest BCUT2D eigenvalue weighted by Gasteiger charge is 2.27. The topological polar surface area (TPSA) is 58.1 Å². The average Bonchev–Trinajstić information content (AvgIpc) is 3.46. The van der Waals surface area contributed by atoms with Crippen LogP contribution in [0.2, 0.25) is 0 Å². The Hall–Kier alpha value is -1.95. The molecule has 0 bridgehead atoms. The Bertz CT molecular complexity index is 546. The van der Waals surface area contributed by atoms with Gasteiger partial charge in [-0.1, -0.05) is 19.1 Å². The van der Waals surface area contributed by atoms with Crippen molar-refractivity contribution in [2.45, 2.75) is 38.8 Å². The van der Waals surface area contributed by atoms with E-state index in [9.17, 15) is 0 Å². The number of benzene rings is 1. The summed E-state index contributed by atoms with van der Waals surface area (Å²) in [6.07, 6.45) is 2.69. The van der Waals surface area contributed by atoms with Gasteiger partial charge in [0.25, 0.3) is 0 Å². The molecule has 25 heavy (non-hydrogen) atoms. The molecule has 1 aliphatic rings. The van der Waals surface area contributed by atoms with Gasteiger partial charge in [-0.05, 0) is 38.4 Å². The number of hydrogen-bond acceptors (Lipinski definition) is 4. The normalized spacial score (nSPS) is 15.8. The summed E-state index contributed by atoms with van der Waals surface area (Å²) in [5.41, 5.74) is 0. The summed E-state index contributed by atoms with van der Waals surface area (Å²) < 4.78 is 11.3. The van der Waals surface area contributed by atoms with E-state index in [4.69, 9.17) is 9.47 Å². The first-order valence-corrected chi connectivity index (χ1v) is 9.16. The van der Waals surface area contributed by atoms with E-state index in [1.807, 2.05) is 31.2 Å². The van der Waals surface area contributed by atoms with Crippen molar-refractivity contribution in [3.63, 3.8) is 0 Å². The monoisotopic (exact) mass is 348 g/mol. The lowest BCUT2D eigenvalue weighted by atomic mass is 10.3. The van der Waals surface area contributed by atoms with Crippen LogP contribution < -0.4 is 20.1 Å². The minimum Gasteiger partial charge on any atom is -0.493 e. The second-order valence-electron chi connectivity index (χ2n) is 6.32. The molecule has 1 atom stereocenters. The van der Waals surface area contributed by atoms with Crippen LogP contribution in [-0.4, -0.2) is 63.3 Å². The van der Waals surface area contributed by atoms with Crippen LogP contribution in [0.4, 0.5) is 0 Å². The molecule has 140 valence electrons. The molecule has 0 spiro atoms. The number of nitrogens with zero attached hydrogens (tertiary/aromatic N) is 2. The third-order valence-electron chi connectivity index (χ3n) is 4.34. The van der Waals surface area contributed by atoms with Crippen LogP contribution in [0.5, 0.6) is 11.5 Å². The number of para-hydroxylation sites is 2. The molecule has 0 saturated heterocycles. The van der Waals surface area contributed by atoms with Crippen molar-refractivity contribution in [3.05, 3.63) is 24.3 Å². The summed E-state index contributed by atoms with van der Waals surface area (Å²) in [5.74, 6) is 2.31. The van der Waals surface area contributed by atoms with Crippen LogP contribution in [0.1, 0.15) is 26.7 Å². The van der Waals surface area contributed by atoms with E-state index in [-0.39, 0.29) is 6.10 Å². The van der Waals surface area contributed by atoms with Crippen molar-refractivity contribution in [1.29, 1.82) is 0 Å². The maximum atomic E-state index is 5.95. The molecule has 0 radical (unpaired) electrons. The molecule has 6 nitrogen and oxygen atoms in total. The van der Waals surface area contributed by atoms with E-state index in [0.29, 0.717) is 6.54 Å². The van der Waals surface area contributed by atoms with Gasteiger partial charge < -0.3 is 20.1 Å². The standard InChI is InChI=1S/C19H32N4O2/c1-5-23(16-10-11-16)13-12-21-19(20-3)22-14-15(2)25-18-9-7-6-8-17(18)24-4/h6-9,15-16H,5,10-14H2,1-4H3,(H2,20,21,22). The van der Waals surface area contributed by atoms with Crippen molar-refractivity contribution in [2.75, 3.05) is 40.3 Å². The summed E-state index contributed by atoms with van der Waals surface area (Å²) >= 11 is 0. The molecule has 0 heterocycles. The van der Waals surface area contributed by atoms with Crippen LogP contribution in [0.15, 0.2) is 29.3 Å². The number of ether oxygens (including phenoxy) is 2. The number of guanidine groups is 1. The summed E-state index contributed by atoms with van der Waals surface area (Å²) in [5, 5.41) is 6.69. The van der Waals surface area contributed by atoms with Gasteiger partial charge >= 0.3 is 0 Å². The van der Waals surface area contributed by atoms with Gasteiger partial charge in [-0.15, -0.1) is 0 Å². The second kappa shape index (κ2) is 10.1. The predicted octanol–water partition coefficient (Wildman–Crippen LogP) is 2.11. The molecule has 1 aromatic rings. The number of methoxy groups -OCH3 is 1. The SMILES string of the molecule is CCN(CCNC(=NC)NCC(C)Oc1ccccc1OC)C1CC1. The molecular weight excluding hydrogens is 316 g/mol. The van der Waals surface area contributed by atoms with E-state index >= 15 is 0 Å². The molecule has 1 aliphatic carbocycles. The van der Waals surface area contributed by atoms with Crippen LogP contribution in [0.3, 0.4) is 0 Å². The number of hydrogen-bond donors (Lipinski definition) is 2. The van der Waals surface area contributed by atoms with Crippen molar-refractivity contribution < 1.29 is 9.47 Å². The van der Waals surface area contributed by atoms with Gasteiger partial charge in [0.1, 0.15) is 6.10 Å². The zero-order valence-electron chi connectivity index (χ0n) is 15.9.